The third-order valence-electron chi connectivity index (χ3n) is 4.39. The molecule has 1 aliphatic carbocycles. The molecule has 0 saturated heterocycles. The van der Waals surface area contributed by atoms with Gasteiger partial charge >= 0.3 is 0 Å². The van der Waals surface area contributed by atoms with E-state index < -0.39 is 0 Å². The number of aromatic nitrogens is 4. The van der Waals surface area contributed by atoms with E-state index in [-0.39, 0.29) is 5.91 Å². The van der Waals surface area contributed by atoms with E-state index in [1.807, 2.05) is 27.8 Å². The average molecular weight is 341 g/mol. The molecule has 1 amide bonds. The second kappa shape index (κ2) is 6.76. The van der Waals surface area contributed by atoms with Gasteiger partial charge in [0, 0.05) is 13.1 Å². The molecule has 0 bridgehead atoms. The fraction of sp³-hybridized carbons (Fsp3) is 0.412. The molecule has 2 aliphatic rings. The summed E-state index contributed by atoms with van der Waals surface area (Å²) in [6.45, 7) is 1.45. The standard InChI is InChI=1S/C17H19N5OS/c23-16(12-24-17-18-19-20-22(17)15-6-7-15)21-10-8-14(9-11-21)13-4-2-1-3-5-13/h1-5,8,15H,6-7,9-12H2. The van der Waals surface area contributed by atoms with Gasteiger partial charge in [-0.25, -0.2) is 4.68 Å². The lowest BCUT2D eigenvalue weighted by Crippen LogP contribution is -2.35. The van der Waals surface area contributed by atoms with Crippen LogP contribution in [0.5, 0.6) is 0 Å². The molecule has 1 fully saturated rings. The number of rotatable bonds is 5. The van der Waals surface area contributed by atoms with Crippen LogP contribution < -0.4 is 0 Å². The van der Waals surface area contributed by atoms with Crippen molar-refractivity contribution in [1.29, 1.82) is 0 Å². The van der Waals surface area contributed by atoms with Crippen LogP contribution in [0.1, 0.15) is 30.9 Å². The quantitative estimate of drug-likeness (QED) is 0.782. The zero-order valence-corrected chi connectivity index (χ0v) is 14.2. The van der Waals surface area contributed by atoms with E-state index >= 15 is 0 Å². The average Bonchev–Trinajstić information content (AvgIpc) is 3.38. The van der Waals surface area contributed by atoms with Crippen LogP contribution in [0.3, 0.4) is 0 Å². The first-order valence-corrected chi connectivity index (χ1v) is 9.23. The highest BCUT2D eigenvalue weighted by molar-refractivity contribution is 7.99. The molecule has 6 nitrogen and oxygen atoms in total. The highest BCUT2D eigenvalue weighted by Gasteiger charge is 2.28. The summed E-state index contributed by atoms with van der Waals surface area (Å²) in [4.78, 5) is 14.3. The summed E-state index contributed by atoms with van der Waals surface area (Å²) in [7, 11) is 0. The lowest BCUT2D eigenvalue weighted by atomic mass is 10.00. The normalized spacial score (nSPS) is 17.7. The third-order valence-corrected chi connectivity index (χ3v) is 5.30. The topological polar surface area (TPSA) is 63.9 Å². The molecule has 1 saturated carbocycles. The van der Waals surface area contributed by atoms with Crippen LogP contribution in [0.2, 0.25) is 0 Å². The van der Waals surface area contributed by atoms with E-state index in [1.54, 1.807) is 0 Å². The van der Waals surface area contributed by atoms with Crippen molar-refractivity contribution in [2.75, 3.05) is 18.8 Å². The van der Waals surface area contributed by atoms with Gasteiger partial charge in [0.05, 0.1) is 11.8 Å². The van der Waals surface area contributed by atoms with Gasteiger partial charge in [0.25, 0.3) is 0 Å². The van der Waals surface area contributed by atoms with Crippen LogP contribution in [-0.4, -0.2) is 49.9 Å². The Bertz CT molecular complexity index is 753. The Labute approximate surface area is 144 Å². The van der Waals surface area contributed by atoms with Crippen molar-refractivity contribution in [2.24, 2.45) is 0 Å². The molecule has 1 aromatic heterocycles. The Hall–Kier alpha value is -2.15. The van der Waals surface area contributed by atoms with E-state index in [4.69, 9.17) is 0 Å². The molecular weight excluding hydrogens is 322 g/mol. The zero-order valence-electron chi connectivity index (χ0n) is 13.3. The van der Waals surface area contributed by atoms with Gasteiger partial charge in [-0.2, -0.15) is 0 Å². The molecule has 0 radical (unpaired) electrons. The molecule has 7 heteroatoms. The van der Waals surface area contributed by atoms with Crippen molar-refractivity contribution >= 4 is 23.2 Å². The summed E-state index contributed by atoms with van der Waals surface area (Å²) in [5, 5.41) is 12.5. The maximum Gasteiger partial charge on any atom is 0.233 e. The van der Waals surface area contributed by atoms with Crippen LogP contribution in [0, 0.1) is 0 Å². The van der Waals surface area contributed by atoms with Crippen molar-refractivity contribution in [2.45, 2.75) is 30.5 Å². The van der Waals surface area contributed by atoms with Gasteiger partial charge in [0.2, 0.25) is 11.1 Å². The number of hydrogen-bond donors (Lipinski definition) is 0. The van der Waals surface area contributed by atoms with Crippen molar-refractivity contribution in [1.82, 2.24) is 25.1 Å². The Balaban J connectivity index is 1.33. The van der Waals surface area contributed by atoms with Gasteiger partial charge in [-0.3, -0.25) is 4.79 Å². The number of amides is 1. The third kappa shape index (κ3) is 3.36. The first-order chi connectivity index (χ1) is 11.8. The SMILES string of the molecule is O=C(CSc1nnnn1C1CC1)N1CC=C(c2ccccc2)CC1. The minimum atomic E-state index is 0.147. The summed E-state index contributed by atoms with van der Waals surface area (Å²) in [6, 6.07) is 10.8. The summed E-state index contributed by atoms with van der Waals surface area (Å²) < 4.78 is 1.85. The molecule has 1 aliphatic heterocycles. The Morgan fingerprint density at radius 2 is 2.08 bits per heavy atom. The van der Waals surface area contributed by atoms with Gasteiger partial charge in [0.15, 0.2) is 0 Å². The van der Waals surface area contributed by atoms with Crippen molar-refractivity contribution < 1.29 is 4.79 Å². The van der Waals surface area contributed by atoms with Crippen LogP contribution in [-0.2, 0) is 4.79 Å². The second-order valence-electron chi connectivity index (χ2n) is 6.11. The largest absolute Gasteiger partial charge is 0.338 e. The number of benzene rings is 1. The maximum atomic E-state index is 12.4. The summed E-state index contributed by atoms with van der Waals surface area (Å²) in [5.74, 6) is 0.537. The smallest absolute Gasteiger partial charge is 0.233 e. The molecule has 4 rings (SSSR count). The van der Waals surface area contributed by atoms with Gasteiger partial charge < -0.3 is 4.90 Å². The number of tetrazole rings is 1. The molecule has 1 aromatic carbocycles. The van der Waals surface area contributed by atoms with E-state index in [9.17, 15) is 4.79 Å². The number of hydrogen-bond acceptors (Lipinski definition) is 5. The van der Waals surface area contributed by atoms with Crippen LogP contribution in [0.15, 0.2) is 41.6 Å². The fourth-order valence-corrected chi connectivity index (χ4v) is 3.70. The number of carbonyl (C=O) groups excluding carboxylic acids is 1. The van der Waals surface area contributed by atoms with Crippen molar-refractivity contribution in [3.8, 4) is 0 Å². The highest BCUT2D eigenvalue weighted by Crippen LogP contribution is 2.36. The Kier molecular flexibility index (Phi) is 4.34. The van der Waals surface area contributed by atoms with E-state index in [1.165, 1.54) is 22.9 Å². The first kappa shape index (κ1) is 15.4. The Morgan fingerprint density at radius 1 is 1.25 bits per heavy atom. The minimum Gasteiger partial charge on any atom is -0.338 e. The molecule has 2 aromatic rings. The zero-order chi connectivity index (χ0) is 16.4. The predicted octanol–water partition coefficient (Wildman–Crippen LogP) is 2.42. The first-order valence-electron chi connectivity index (χ1n) is 8.24. The molecule has 0 unspecified atom stereocenters. The van der Waals surface area contributed by atoms with E-state index in [0.29, 0.717) is 18.3 Å². The fourth-order valence-electron chi connectivity index (χ4n) is 2.86. The second-order valence-corrected chi connectivity index (χ2v) is 7.05. The van der Waals surface area contributed by atoms with Crippen molar-refractivity contribution in [3.05, 3.63) is 42.0 Å². The number of thioether (sulfide) groups is 1. The maximum absolute atomic E-state index is 12.4. The molecule has 124 valence electrons. The lowest BCUT2D eigenvalue weighted by Gasteiger charge is -2.26. The minimum absolute atomic E-state index is 0.147. The number of nitrogens with zero attached hydrogens (tertiary/aromatic N) is 5. The molecule has 2 heterocycles. The Morgan fingerprint density at radius 3 is 2.79 bits per heavy atom. The van der Waals surface area contributed by atoms with Crippen LogP contribution in [0.4, 0.5) is 0 Å². The highest BCUT2D eigenvalue weighted by atomic mass is 32.2. The number of carbonyl (C=O) groups is 1. The molecule has 0 atom stereocenters. The molecule has 24 heavy (non-hydrogen) atoms. The van der Waals surface area contributed by atoms with Gasteiger partial charge in [-0.15, -0.1) is 5.10 Å². The molecular formula is C17H19N5OS. The monoisotopic (exact) mass is 341 g/mol. The van der Waals surface area contributed by atoms with Gasteiger partial charge in [0.1, 0.15) is 0 Å². The predicted molar refractivity (Wildman–Crippen MR) is 92.4 cm³/mol. The van der Waals surface area contributed by atoms with E-state index in [2.05, 4.69) is 33.7 Å². The van der Waals surface area contributed by atoms with Crippen LogP contribution >= 0.6 is 11.8 Å². The van der Waals surface area contributed by atoms with E-state index in [0.717, 1.165) is 31.0 Å². The van der Waals surface area contributed by atoms with Gasteiger partial charge in [-0.05, 0) is 40.8 Å². The summed E-state index contributed by atoms with van der Waals surface area (Å²) in [5.41, 5.74) is 2.58. The summed E-state index contributed by atoms with van der Waals surface area (Å²) >= 11 is 1.44. The van der Waals surface area contributed by atoms with Crippen molar-refractivity contribution in [3.63, 3.8) is 0 Å². The van der Waals surface area contributed by atoms with Gasteiger partial charge in [-0.1, -0.05) is 48.2 Å². The van der Waals surface area contributed by atoms with Crippen LogP contribution in [0.25, 0.3) is 5.57 Å². The molecule has 0 spiro atoms. The molecule has 0 N–H and O–H groups in total. The lowest BCUT2D eigenvalue weighted by molar-refractivity contribution is -0.127. The summed E-state index contributed by atoms with van der Waals surface area (Å²) in [6.07, 6.45) is 5.33.